The number of hydrogen-bond donors (Lipinski definition) is 1. The molecule has 0 aliphatic carbocycles. The highest BCUT2D eigenvalue weighted by atomic mass is 16.6. The fourth-order valence-corrected chi connectivity index (χ4v) is 4.07. The number of carbonyl (C=O) groups excluding carboxylic acids is 1. The van der Waals surface area contributed by atoms with Crippen LogP contribution in [0.15, 0.2) is 61.2 Å². The van der Waals surface area contributed by atoms with Crippen molar-refractivity contribution in [1.29, 1.82) is 0 Å². The Morgan fingerprint density at radius 3 is 1.74 bits per heavy atom. The SMILES string of the molecule is C=CC(=O)OC(C)(C)CCOC(C)(N)c1ccc(C(C)(C)c2ccc(C(C)(C)OCC)cc2)cc1. The fourth-order valence-electron chi connectivity index (χ4n) is 4.07. The van der Waals surface area contributed by atoms with Gasteiger partial charge in [-0.1, -0.05) is 69.0 Å². The predicted molar refractivity (Wildman–Crippen MR) is 142 cm³/mol. The van der Waals surface area contributed by atoms with E-state index in [2.05, 4.69) is 70.7 Å². The van der Waals surface area contributed by atoms with Gasteiger partial charge in [0, 0.05) is 24.5 Å². The molecule has 1 unspecified atom stereocenters. The Hall–Kier alpha value is -2.47. The summed E-state index contributed by atoms with van der Waals surface area (Å²) in [5, 5.41) is 0. The molecule has 2 aromatic carbocycles. The Morgan fingerprint density at radius 1 is 0.829 bits per heavy atom. The van der Waals surface area contributed by atoms with Gasteiger partial charge in [-0.3, -0.25) is 5.73 Å². The van der Waals surface area contributed by atoms with Crippen LogP contribution < -0.4 is 5.73 Å². The van der Waals surface area contributed by atoms with Crippen LogP contribution in [0.5, 0.6) is 0 Å². The second-order valence-corrected chi connectivity index (χ2v) is 10.8. The minimum absolute atomic E-state index is 0.183. The third kappa shape index (κ3) is 7.50. The average Bonchev–Trinajstić information content (AvgIpc) is 2.78. The molecule has 2 rings (SSSR count). The maximum atomic E-state index is 11.5. The molecule has 0 amide bonds. The van der Waals surface area contributed by atoms with E-state index in [1.807, 2.05) is 39.8 Å². The minimum atomic E-state index is -0.965. The first kappa shape index (κ1) is 28.8. The zero-order chi connectivity index (χ0) is 26.5. The largest absolute Gasteiger partial charge is 0.456 e. The number of carbonyl (C=O) groups is 1. The third-order valence-corrected chi connectivity index (χ3v) is 6.64. The molecule has 0 aromatic heterocycles. The van der Waals surface area contributed by atoms with Crippen LogP contribution in [0.25, 0.3) is 0 Å². The summed E-state index contributed by atoms with van der Waals surface area (Å²) in [6.07, 6.45) is 1.68. The predicted octanol–water partition coefficient (Wildman–Crippen LogP) is 6.33. The molecule has 5 nitrogen and oxygen atoms in total. The van der Waals surface area contributed by atoms with Crippen molar-refractivity contribution in [3.05, 3.63) is 83.4 Å². The van der Waals surface area contributed by atoms with Gasteiger partial charge in [-0.05, 0) is 63.8 Å². The summed E-state index contributed by atoms with van der Waals surface area (Å²) in [6.45, 7) is 20.6. The van der Waals surface area contributed by atoms with Crippen molar-refractivity contribution in [2.24, 2.45) is 5.73 Å². The number of hydrogen-bond acceptors (Lipinski definition) is 5. The molecule has 0 saturated carbocycles. The zero-order valence-corrected chi connectivity index (χ0v) is 22.7. The monoisotopic (exact) mass is 481 g/mol. The Kier molecular flexibility index (Phi) is 9.10. The van der Waals surface area contributed by atoms with Crippen LogP contribution in [0, 0.1) is 0 Å². The van der Waals surface area contributed by atoms with Gasteiger partial charge >= 0.3 is 5.97 Å². The van der Waals surface area contributed by atoms with E-state index in [0.29, 0.717) is 19.6 Å². The van der Waals surface area contributed by atoms with E-state index in [4.69, 9.17) is 19.9 Å². The fraction of sp³-hybridized carbons (Fsp3) is 0.500. The third-order valence-electron chi connectivity index (χ3n) is 6.64. The Bertz CT molecular complexity index is 986. The molecule has 0 radical (unpaired) electrons. The summed E-state index contributed by atoms with van der Waals surface area (Å²) in [5.41, 5.74) is 8.82. The van der Waals surface area contributed by atoms with Crippen LogP contribution in [-0.4, -0.2) is 24.8 Å². The van der Waals surface area contributed by atoms with Crippen LogP contribution in [-0.2, 0) is 35.7 Å². The molecule has 0 aliphatic rings. The first-order valence-corrected chi connectivity index (χ1v) is 12.3. The molecule has 1 atom stereocenters. The highest BCUT2D eigenvalue weighted by Crippen LogP contribution is 2.34. The summed E-state index contributed by atoms with van der Waals surface area (Å²) >= 11 is 0. The zero-order valence-electron chi connectivity index (χ0n) is 22.7. The molecule has 0 fully saturated rings. The highest BCUT2D eigenvalue weighted by molar-refractivity contribution is 5.81. The van der Waals surface area contributed by atoms with Crippen molar-refractivity contribution in [2.75, 3.05) is 13.2 Å². The molecule has 0 saturated heterocycles. The Balaban J connectivity index is 2.10. The highest BCUT2D eigenvalue weighted by Gasteiger charge is 2.29. The number of ether oxygens (including phenoxy) is 3. The lowest BCUT2D eigenvalue weighted by Crippen LogP contribution is -2.38. The lowest BCUT2D eigenvalue weighted by atomic mass is 9.77. The standard InChI is InChI=1S/C30H43NO4/c1-10-26(32)35-27(3,4)20-21-34-30(9,31)25-18-14-23(15-19-25)28(5,6)22-12-16-24(17-13-22)29(7,8)33-11-2/h10,12-19H,1,11,20-21,31H2,2-9H3. The second-order valence-electron chi connectivity index (χ2n) is 10.8. The summed E-state index contributed by atoms with van der Waals surface area (Å²) in [4.78, 5) is 11.5. The normalized spacial score (nSPS) is 14.3. The first-order valence-electron chi connectivity index (χ1n) is 12.3. The summed E-state index contributed by atoms with van der Waals surface area (Å²) in [7, 11) is 0. The molecule has 0 bridgehead atoms. The molecule has 2 N–H and O–H groups in total. The molecule has 0 heterocycles. The van der Waals surface area contributed by atoms with Gasteiger partial charge in [-0.25, -0.2) is 4.79 Å². The van der Waals surface area contributed by atoms with Crippen molar-refractivity contribution in [3.63, 3.8) is 0 Å². The van der Waals surface area contributed by atoms with Crippen molar-refractivity contribution in [3.8, 4) is 0 Å². The van der Waals surface area contributed by atoms with Gasteiger partial charge in [-0.15, -0.1) is 0 Å². The van der Waals surface area contributed by atoms with E-state index in [-0.39, 0.29) is 11.0 Å². The lowest BCUT2D eigenvalue weighted by Gasteiger charge is -2.31. The van der Waals surface area contributed by atoms with Crippen LogP contribution in [0.1, 0.15) is 84.1 Å². The van der Waals surface area contributed by atoms with E-state index in [9.17, 15) is 4.79 Å². The van der Waals surface area contributed by atoms with Crippen molar-refractivity contribution in [2.45, 2.75) is 84.2 Å². The summed E-state index contributed by atoms with van der Waals surface area (Å²) in [6, 6.07) is 16.9. The number of nitrogens with two attached hydrogens (primary N) is 1. The van der Waals surface area contributed by atoms with Gasteiger partial charge in [0.2, 0.25) is 0 Å². The first-order chi connectivity index (χ1) is 16.1. The van der Waals surface area contributed by atoms with Gasteiger partial charge in [-0.2, -0.15) is 0 Å². The van der Waals surface area contributed by atoms with Gasteiger partial charge in [0.25, 0.3) is 0 Å². The average molecular weight is 482 g/mol. The Morgan fingerprint density at radius 2 is 1.29 bits per heavy atom. The summed E-state index contributed by atoms with van der Waals surface area (Å²) in [5.74, 6) is -0.448. The van der Waals surface area contributed by atoms with Crippen LogP contribution in [0.3, 0.4) is 0 Å². The topological polar surface area (TPSA) is 70.8 Å². The van der Waals surface area contributed by atoms with E-state index < -0.39 is 17.3 Å². The molecular weight excluding hydrogens is 438 g/mol. The maximum absolute atomic E-state index is 11.5. The molecule has 0 aliphatic heterocycles. The lowest BCUT2D eigenvalue weighted by molar-refractivity contribution is -0.153. The van der Waals surface area contributed by atoms with Crippen LogP contribution >= 0.6 is 0 Å². The van der Waals surface area contributed by atoms with Crippen molar-refractivity contribution in [1.82, 2.24) is 0 Å². The quantitative estimate of drug-likeness (QED) is 0.218. The molecular formula is C30H43NO4. The van der Waals surface area contributed by atoms with Gasteiger partial charge in [0.1, 0.15) is 11.3 Å². The molecule has 5 heteroatoms. The minimum Gasteiger partial charge on any atom is -0.456 e. The van der Waals surface area contributed by atoms with Gasteiger partial charge in [0.15, 0.2) is 0 Å². The van der Waals surface area contributed by atoms with E-state index in [1.165, 1.54) is 11.1 Å². The van der Waals surface area contributed by atoms with Crippen LogP contribution in [0.4, 0.5) is 0 Å². The van der Waals surface area contributed by atoms with E-state index in [1.54, 1.807) is 0 Å². The van der Waals surface area contributed by atoms with Crippen molar-refractivity contribution >= 4 is 5.97 Å². The van der Waals surface area contributed by atoms with Crippen LogP contribution in [0.2, 0.25) is 0 Å². The Labute approximate surface area is 211 Å². The van der Waals surface area contributed by atoms with E-state index >= 15 is 0 Å². The molecule has 2 aromatic rings. The molecule has 35 heavy (non-hydrogen) atoms. The molecule has 192 valence electrons. The van der Waals surface area contributed by atoms with Gasteiger partial charge < -0.3 is 14.2 Å². The number of benzene rings is 2. The van der Waals surface area contributed by atoms with E-state index in [0.717, 1.165) is 17.2 Å². The van der Waals surface area contributed by atoms with Gasteiger partial charge in [0.05, 0.1) is 12.2 Å². The van der Waals surface area contributed by atoms with Crippen molar-refractivity contribution < 1.29 is 19.0 Å². The number of esters is 1. The number of rotatable bonds is 12. The second kappa shape index (κ2) is 11.1. The smallest absolute Gasteiger partial charge is 0.330 e. The maximum Gasteiger partial charge on any atom is 0.330 e. The summed E-state index contributed by atoms with van der Waals surface area (Å²) < 4.78 is 17.2. The molecule has 0 spiro atoms.